The molecule has 0 aliphatic heterocycles. The monoisotopic (exact) mass is 1310 g/mol. The molecule has 6 heteroatoms. The maximum absolute atomic E-state index is 12.6. The summed E-state index contributed by atoms with van der Waals surface area (Å²) in [4.78, 5) is 24.7. The van der Waals surface area contributed by atoms with Crippen molar-refractivity contribution in [2.24, 2.45) is 0 Å². The highest BCUT2D eigenvalue weighted by atomic mass is 16.5. The van der Waals surface area contributed by atoms with Crippen LogP contribution in [-0.4, -0.2) is 47.4 Å². The van der Waals surface area contributed by atoms with Gasteiger partial charge >= 0.3 is 5.97 Å². The first-order valence-electron chi connectivity index (χ1n) is 42.7. The summed E-state index contributed by atoms with van der Waals surface area (Å²) in [6.07, 6.45) is 108. The van der Waals surface area contributed by atoms with Crippen molar-refractivity contribution in [1.82, 2.24) is 5.32 Å². The predicted octanol–water partition coefficient (Wildman–Crippen LogP) is 28.6. The Bertz CT molecular complexity index is 1510. The fourth-order valence-electron chi connectivity index (χ4n) is 13.7. The fourth-order valence-corrected chi connectivity index (χ4v) is 13.7. The number of unbranched alkanes of at least 4 members (excludes halogenated alkanes) is 64. The summed E-state index contributed by atoms with van der Waals surface area (Å²) < 4.78 is 5.50. The Morgan fingerprint density at radius 1 is 0.301 bits per heavy atom. The average Bonchev–Trinajstić information content (AvgIpc) is 3.78. The minimum absolute atomic E-state index is 0.0104. The van der Waals surface area contributed by atoms with Crippen molar-refractivity contribution >= 4 is 11.9 Å². The van der Waals surface area contributed by atoms with Crippen LogP contribution in [0.1, 0.15) is 483 Å². The smallest absolute Gasteiger partial charge is 0.305 e. The lowest BCUT2D eigenvalue weighted by Gasteiger charge is -2.22. The number of carbonyl (C=O) groups is 2. The van der Waals surface area contributed by atoms with Crippen molar-refractivity contribution in [3.05, 3.63) is 36.5 Å². The molecular weight excluding hydrogens is 1140 g/mol. The molecule has 0 bridgehead atoms. The molecule has 0 fully saturated rings. The van der Waals surface area contributed by atoms with Crippen LogP contribution in [0.25, 0.3) is 0 Å². The lowest BCUT2D eigenvalue weighted by Crippen LogP contribution is -2.45. The molecule has 0 heterocycles. The molecule has 0 aromatic rings. The summed E-state index contributed by atoms with van der Waals surface area (Å²) in [5.41, 5.74) is 0. The third-order valence-electron chi connectivity index (χ3n) is 20.2. The maximum Gasteiger partial charge on any atom is 0.305 e. The number of carbonyl (C=O) groups excluding carboxylic acids is 2. The summed E-state index contributed by atoms with van der Waals surface area (Å²) >= 11 is 0. The zero-order chi connectivity index (χ0) is 67.0. The van der Waals surface area contributed by atoms with Crippen LogP contribution in [-0.2, 0) is 14.3 Å². The molecule has 0 saturated heterocycles. The van der Waals surface area contributed by atoms with Crippen molar-refractivity contribution in [2.75, 3.05) is 13.2 Å². The van der Waals surface area contributed by atoms with E-state index in [1.165, 1.54) is 398 Å². The van der Waals surface area contributed by atoms with Gasteiger partial charge in [-0.2, -0.15) is 0 Å². The second-order valence-electron chi connectivity index (χ2n) is 29.5. The highest BCUT2D eigenvalue weighted by Gasteiger charge is 2.20. The number of aliphatic hydroxyl groups excluding tert-OH is 2. The number of esters is 1. The van der Waals surface area contributed by atoms with Crippen LogP contribution in [0.3, 0.4) is 0 Å². The van der Waals surface area contributed by atoms with Crippen molar-refractivity contribution in [2.45, 2.75) is 495 Å². The normalized spacial score (nSPS) is 12.6. The number of rotatable bonds is 81. The molecule has 3 N–H and O–H groups in total. The van der Waals surface area contributed by atoms with Gasteiger partial charge in [0.05, 0.1) is 25.4 Å². The lowest BCUT2D eigenvalue weighted by molar-refractivity contribution is -0.143. The first kappa shape index (κ1) is 91.1. The van der Waals surface area contributed by atoms with E-state index >= 15 is 0 Å². The molecule has 0 rings (SSSR count). The van der Waals surface area contributed by atoms with E-state index < -0.39 is 12.1 Å². The average molecular weight is 1310 g/mol. The van der Waals surface area contributed by atoms with Gasteiger partial charge in [0.15, 0.2) is 0 Å². The third-order valence-corrected chi connectivity index (χ3v) is 20.2. The molecular formula is C87H167NO5. The third kappa shape index (κ3) is 79.0. The van der Waals surface area contributed by atoms with E-state index in [-0.39, 0.29) is 18.5 Å². The zero-order valence-electron chi connectivity index (χ0n) is 63.3. The van der Waals surface area contributed by atoms with E-state index in [2.05, 4.69) is 55.6 Å². The van der Waals surface area contributed by atoms with E-state index in [0.29, 0.717) is 25.9 Å². The summed E-state index contributed by atoms with van der Waals surface area (Å²) in [7, 11) is 0. The highest BCUT2D eigenvalue weighted by molar-refractivity contribution is 5.76. The van der Waals surface area contributed by atoms with Gasteiger partial charge in [-0.05, 0) is 83.5 Å². The molecule has 0 aromatic heterocycles. The molecule has 2 atom stereocenters. The number of aliphatic hydroxyl groups is 2. The maximum atomic E-state index is 12.6. The van der Waals surface area contributed by atoms with E-state index in [1.807, 2.05) is 0 Å². The number of ether oxygens (including phenoxy) is 1. The first-order chi connectivity index (χ1) is 46.0. The van der Waals surface area contributed by atoms with Gasteiger partial charge in [-0.25, -0.2) is 0 Å². The number of hydrogen-bond acceptors (Lipinski definition) is 5. The van der Waals surface area contributed by atoms with Gasteiger partial charge in [-0.1, -0.05) is 423 Å². The minimum atomic E-state index is -0.665. The van der Waals surface area contributed by atoms with E-state index in [4.69, 9.17) is 4.74 Å². The van der Waals surface area contributed by atoms with Crippen LogP contribution in [0.4, 0.5) is 0 Å². The van der Waals surface area contributed by atoms with Crippen LogP contribution in [0.2, 0.25) is 0 Å². The van der Waals surface area contributed by atoms with Gasteiger partial charge < -0.3 is 20.3 Å². The number of amides is 1. The molecule has 0 saturated carbocycles. The van der Waals surface area contributed by atoms with E-state index in [9.17, 15) is 19.8 Å². The van der Waals surface area contributed by atoms with Gasteiger partial charge in [0, 0.05) is 12.8 Å². The summed E-state index contributed by atoms with van der Waals surface area (Å²) in [5.74, 6) is -0.0163. The standard InChI is InChI=1S/C87H167NO5/c1-3-5-7-9-11-13-15-17-19-21-22-23-24-36-39-42-45-48-51-55-59-63-67-71-75-79-85(90)84(83-89)88-86(91)80-76-72-68-64-60-56-52-49-46-43-40-37-34-32-30-28-26-25-27-29-31-33-35-38-41-44-47-50-54-58-62-66-70-74-78-82-93-87(92)81-77-73-69-65-61-57-53-20-18-16-14-12-10-8-6-4-2/h20,27,29,33,35,53,84-85,89-90H,3-19,21-26,28,30-32,34,36-52,54-83H2,1-2H3,(H,88,91)/b29-27-,35-33-,53-20-. The topological polar surface area (TPSA) is 95.9 Å². The van der Waals surface area contributed by atoms with Gasteiger partial charge in [0.25, 0.3) is 0 Å². The Morgan fingerprint density at radius 2 is 0.538 bits per heavy atom. The molecule has 1 amide bonds. The molecule has 0 radical (unpaired) electrons. The number of nitrogens with one attached hydrogen (secondary N) is 1. The second kappa shape index (κ2) is 82.5. The molecule has 0 aliphatic carbocycles. The fraction of sp³-hybridized carbons (Fsp3) is 0.908. The Hall–Kier alpha value is -1.92. The Balaban J connectivity index is 3.37. The summed E-state index contributed by atoms with van der Waals surface area (Å²) in [5, 5.41) is 23.5. The Kier molecular flexibility index (Phi) is 80.8. The van der Waals surface area contributed by atoms with Crippen LogP contribution in [0.5, 0.6) is 0 Å². The van der Waals surface area contributed by atoms with Gasteiger partial charge in [-0.3, -0.25) is 9.59 Å². The predicted molar refractivity (Wildman–Crippen MR) is 412 cm³/mol. The quantitative estimate of drug-likeness (QED) is 0.0320. The van der Waals surface area contributed by atoms with Crippen LogP contribution < -0.4 is 5.32 Å². The Morgan fingerprint density at radius 3 is 0.828 bits per heavy atom. The SMILES string of the molecule is CCCCCCCCC/C=C\CCCCCCCC(=O)OCCCCCCCCCCCCC/C=C\C/C=C\CCCCCCCCCCCCCCCCCCCC(=O)NC(CO)C(O)CCCCCCCCCCCCCCCCCCCCCCCCCCC. The van der Waals surface area contributed by atoms with Crippen molar-refractivity contribution < 1.29 is 24.5 Å². The second-order valence-corrected chi connectivity index (χ2v) is 29.5. The van der Waals surface area contributed by atoms with Crippen LogP contribution in [0, 0.1) is 0 Å². The van der Waals surface area contributed by atoms with Gasteiger partial charge in [-0.15, -0.1) is 0 Å². The largest absolute Gasteiger partial charge is 0.466 e. The summed E-state index contributed by atoms with van der Waals surface area (Å²) in [6.45, 7) is 5.00. The molecule has 93 heavy (non-hydrogen) atoms. The van der Waals surface area contributed by atoms with Crippen LogP contribution >= 0.6 is 0 Å². The van der Waals surface area contributed by atoms with Crippen molar-refractivity contribution in [1.29, 1.82) is 0 Å². The summed E-state index contributed by atoms with van der Waals surface area (Å²) in [6, 6.07) is -0.542. The molecule has 0 aromatic carbocycles. The van der Waals surface area contributed by atoms with E-state index in [1.54, 1.807) is 0 Å². The lowest BCUT2D eigenvalue weighted by atomic mass is 10.0. The molecule has 0 aliphatic rings. The Labute approximate surface area is 583 Å². The van der Waals surface area contributed by atoms with Crippen molar-refractivity contribution in [3.63, 3.8) is 0 Å². The highest BCUT2D eigenvalue weighted by Crippen LogP contribution is 2.20. The molecule has 6 nitrogen and oxygen atoms in total. The zero-order valence-corrected chi connectivity index (χ0v) is 63.3. The molecule has 2 unspecified atom stereocenters. The van der Waals surface area contributed by atoms with Gasteiger partial charge in [0.2, 0.25) is 5.91 Å². The number of hydrogen-bond donors (Lipinski definition) is 3. The molecule has 0 spiro atoms. The first-order valence-corrected chi connectivity index (χ1v) is 42.7. The van der Waals surface area contributed by atoms with E-state index in [0.717, 1.165) is 51.4 Å². The molecule has 550 valence electrons. The van der Waals surface area contributed by atoms with Crippen molar-refractivity contribution in [3.8, 4) is 0 Å². The van der Waals surface area contributed by atoms with Gasteiger partial charge in [0.1, 0.15) is 0 Å². The number of allylic oxidation sites excluding steroid dienone is 6. The van der Waals surface area contributed by atoms with Crippen LogP contribution in [0.15, 0.2) is 36.5 Å². The minimum Gasteiger partial charge on any atom is -0.466 e.